The molecule has 18 heavy (non-hydrogen) atoms. The summed E-state index contributed by atoms with van der Waals surface area (Å²) in [6, 6.07) is 11.7. The molecule has 0 aromatic heterocycles. The largest absolute Gasteiger partial charge is 0.309 e. The van der Waals surface area contributed by atoms with Crippen molar-refractivity contribution in [2.75, 3.05) is 6.54 Å². The van der Waals surface area contributed by atoms with Gasteiger partial charge in [0.15, 0.2) is 0 Å². The quantitative estimate of drug-likeness (QED) is 0.812. The zero-order valence-corrected chi connectivity index (χ0v) is 11.3. The topological polar surface area (TPSA) is 12.0 Å². The summed E-state index contributed by atoms with van der Waals surface area (Å²) in [5, 5.41) is 3.87. The molecule has 1 N–H and O–H groups in total. The number of rotatable bonds is 5. The van der Waals surface area contributed by atoms with Gasteiger partial charge in [0.1, 0.15) is 0 Å². The Morgan fingerprint density at radius 2 is 1.67 bits per heavy atom. The second kappa shape index (κ2) is 5.88. The third-order valence-corrected chi connectivity index (χ3v) is 4.60. The van der Waals surface area contributed by atoms with Gasteiger partial charge in [-0.15, -0.1) is 0 Å². The molecule has 98 valence electrons. The Hall–Kier alpha value is -0.820. The molecule has 1 unspecified atom stereocenters. The van der Waals surface area contributed by atoms with Crippen molar-refractivity contribution in [1.29, 1.82) is 0 Å². The summed E-state index contributed by atoms with van der Waals surface area (Å²) in [4.78, 5) is 0. The van der Waals surface area contributed by atoms with Crippen molar-refractivity contribution in [3.8, 4) is 0 Å². The van der Waals surface area contributed by atoms with Crippen molar-refractivity contribution >= 4 is 0 Å². The van der Waals surface area contributed by atoms with E-state index in [9.17, 15) is 0 Å². The van der Waals surface area contributed by atoms with Crippen LogP contribution in [0, 0.1) is 11.8 Å². The third kappa shape index (κ3) is 3.14. The van der Waals surface area contributed by atoms with E-state index in [1.165, 1.54) is 57.1 Å². The van der Waals surface area contributed by atoms with Gasteiger partial charge in [-0.2, -0.15) is 0 Å². The maximum Gasteiger partial charge on any atom is 0.0348 e. The fourth-order valence-corrected chi connectivity index (χ4v) is 3.30. The van der Waals surface area contributed by atoms with Crippen molar-refractivity contribution in [3.05, 3.63) is 35.9 Å². The van der Waals surface area contributed by atoms with E-state index >= 15 is 0 Å². The highest BCUT2D eigenvalue weighted by molar-refractivity contribution is 5.20. The van der Waals surface area contributed by atoms with Gasteiger partial charge in [-0.1, -0.05) is 49.6 Å². The van der Waals surface area contributed by atoms with Crippen LogP contribution >= 0.6 is 0 Å². The Bertz CT molecular complexity index is 349. The highest BCUT2D eigenvalue weighted by Gasteiger charge is 2.27. The fraction of sp³-hybridized carbons (Fsp3) is 0.647. The molecule has 2 saturated carbocycles. The van der Waals surface area contributed by atoms with Crippen molar-refractivity contribution in [2.24, 2.45) is 11.8 Å². The third-order valence-electron chi connectivity index (χ3n) is 4.60. The first kappa shape index (κ1) is 12.2. The summed E-state index contributed by atoms with van der Waals surface area (Å²) >= 11 is 0. The van der Waals surface area contributed by atoms with Crippen LogP contribution in [-0.2, 0) is 0 Å². The maximum atomic E-state index is 3.87. The van der Waals surface area contributed by atoms with Crippen molar-refractivity contribution in [3.63, 3.8) is 0 Å². The monoisotopic (exact) mass is 243 g/mol. The molecule has 1 nitrogen and oxygen atoms in total. The SMILES string of the molecule is c1ccc(C(NCC2CC2)C2CCCCC2)cc1. The molecule has 0 saturated heterocycles. The van der Waals surface area contributed by atoms with Gasteiger partial charge in [0.2, 0.25) is 0 Å². The maximum absolute atomic E-state index is 3.87. The standard InChI is InChI=1S/C17H25N/c1-3-7-15(8-4-1)17(18-13-14-11-12-14)16-9-5-2-6-10-16/h1,3-4,7-8,14,16-18H,2,5-6,9-13H2. The summed E-state index contributed by atoms with van der Waals surface area (Å²) in [6.45, 7) is 1.23. The van der Waals surface area contributed by atoms with Gasteiger partial charge < -0.3 is 5.32 Å². The van der Waals surface area contributed by atoms with Crippen LogP contribution in [0.4, 0.5) is 0 Å². The molecule has 3 rings (SSSR count). The summed E-state index contributed by atoms with van der Waals surface area (Å²) in [7, 11) is 0. The average molecular weight is 243 g/mol. The summed E-state index contributed by atoms with van der Waals surface area (Å²) in [5.74, 6) is 1.83. The first-order valence-electron chi connectivity index (χ1n) is 7.72. The average Bonchev–Trinajstić information content (AvgIpc) is 3.26. The predicted molar refractivity (Wildman–Crippen MR) is 76.5 cm³/mol. The van der Waals surface area contributed by atoms with E-state index in [4.69, 9.17) is 0 Å². The number of benzene rings is 1. The zero-order valence-electron chi connectivity index (χ0n) is 11.3. The van der Waals surface area contributed by atoms with E-state index in [1.807, 2.05) is 0 Å². The summed E-state index contributed by atoms with van der Waals surface area (Å²) in [5.41, 5.74) is 1.50. The highest BCUT2D eigenvalue weighted by Crippen LogP contribution is 2.36. The van der Waals surface area contributed by atoms with Crippen LogP contribution < -0.4 is 5.32 Å². The Balaban J connectivity index is 1.69. The van der Waals surface area contributed by atoms with Crippen molar-refractivity contribution < 1.29 is 0 Å². The van der Waals surface area contributed by atoms with Gasteiger partial charge in [-0.05, 0) is 49.6 Å². The molecule has 1 aromatic carbocycles. The van der Waals surface area contributed by atoms with Gasteiger partial charge in [0.05, 0.1) is 0 Å². The minimum atomic E-state index is 0.604. The van der Waals surface area contributed by atoms with Gasteiger partial charge in [0, 0.05) is 6.04 Å². The molecule has 0 spiro atoms. The first-order valence-corrected chi connectivity index (χ1v) is 7.72. The molecular weight excluding hydrogens is 218 g/mol. The molecular formula is C17H25N. The molecule has 0 bridgehead atoms. The summed E-state index contributed by atoms with van der Waals surface area (Å²) < 4.78 is 0. The molecule has 2 aliphatic rings. The van der Waals surface area contributed by atoms with Crippen LogP contribution in [0.15, 0.2) is 30.3 Å². The molecule has 2 aliphatic carbocycles. The minimum Gasteiger partial charge on any atom is -0.309 e. The van der Waals surface area contributed by atoms with Crippen LogP contribution in [0.3, 0.4) is 0 Å². The first-order chi connectivity index (χ1) is 8.93. The number of hydrogen-bond acceptors (Lipinski definition) is 1. The van der Waals surface area contributed by atoms with E-state index in [1.54, 1.807) is 0 Å². The lowest BCUT2D eigenvalue weighted by molar-refractivity contribution is 0.269. The number of nitrogens with one attached hydrogen (secondary N) is 1. The Labute approximate surface area is 111 Å². The van der Waals surface area contributed by atoms with Crippen LogP contribution in [0.1, 0.15) is 56.6 Å². The van der Waals surface area contributed by atoms with E-state index in [0.717, 1.165) is 11.8 Å². The van der Waals surface area contributed by atoms with Gasteiger partial charge in [0.25, 0.3) is 0 Å². The molecule has 0 heterocycles. The Morgan fingerprint density at radius 1 is 0.944 bits per heavy atom. The highest BCUT2D eigenvalue weighted by atomic mass is 14.9. The lowest BCUT2D eigenvalue weighted by Gasteiger charge is -2.31. The predicted octanol–water partition coefficient (Wildman–Crippen LogP) is 4.31. The van der Waals surface area contributed by atoms with Crippen LogP contribution in [0.2, 0.25) is 0 Å². The Morgan fingerprint density at radius 3 is 2.33 bits per heavy atom. The number of hydrogen-bond donors (Lipinski definition) is 1. The van der Waals surface area contributed by atoms with Gasteiger partial charge in [-0.3, -0.25) is 0 Å². The Kier molecular flexibility index (Phi) is 3.99. The molecule has 1 aromatic rings. The van der Waals surface area contributed by atoms with E-state index in [2.05, 4.69) is 35.6 Å². The molecule has 0 radical (unpaired) electrons. The zero-order chi connectivity index (χ0) is 12.2. The van der Waals surface area contributed by atoms with E-state index in [-0.39, 0.29) is 0 Å². The van der Waals surface area contributed by atoms with Gasteiger partial charge >= 0.3 is 0 Å². The van der Waals surface area contributed by atoms with E-state index < -0.39 is 0 Å². The van der Waals surface area contributed by atoms with Crippen LogP contribution in [0.5, 0.6) is 0 Å². The fourth-order valence-electron chi connectivity index (χ4n) is 3.30. The van der Waals surface area contributed by atoms with E-state index in [0.29, 0.717) is 6.04 Å². The molecule has 1 heteroatoms. The normalized spacial score (nSPS) is 22.9. The smallest absolute Gasteiger partial charge is 0.0348 e. The molecule has 0 aliphatic heterocycles. The lowest BCUT2D eigenvalue weighted by atomic mass is 9.81. The summed E-state index contributed by atoms with van der Waals surface area (Å²) in [6.07, 6.45) is 10.0. The second-order valence-electron chi connectivity index (χ2n) is 6.14. The lowest BCUT2D eigenvalue weighted by Crippen LogP contribution is -2.31. The molecule has 0 amide bonds. The van der Waals surface area contributed by atoms with Crippen LogP contribution in [0.25, 0.3) is 0 Å². The van der Waals surface area contributed by atoms with Crippen molar-refractivity contribution in [2.45, 2.75) is 51.0 Å². The van der Waals surface area contributed by atoms with Gasteiger partial charge in [-0.25, -0.2) is 0 Å². The van der Waals surface area contributed by atoms with Crippen molar-refractivity contribution in [1.82, 2.24) is 5.32 Å². The minimum absolute atomic E-state index is 0.604. The second-order valence-corrected chi connectivity index (χ2v) is 6.14. The molecule has 2 fully saturated rings. The van der Waals surface area contributed by atoms with Crippen LogP contribution in [-0.4, -0.2) is 6.54 Å². The molecule has 1 atom stereocenters.